The average Bonchev–Trinajstić information content (AvgIpc) is 2.82. The van der Waals surface area contributed by atoms with Gasteiger partial charge < -0.3 is 14.6 Å². The number of aliphatic carboxylic acids is 1. The number of carboxylic acid groups (broad SMARTS) is 1. The van der Waals surface area contributed by atoms with E-state index in [9.17, 15) is 9.90 Å². The summed E-state index contributed by atoms with van der Waals surface area (Å²) < 4.78 is 10.8. The summed E-state index contributed by atoms with van der Waals surface area (Å²) in [5.74, 6) is -1.01. The molecule has 2 saturated heterocycles. The summed E-state index contributed by atoms with van der Waals surface area (Å²) in [6.45, 7) is 4.52. The van der Waals surface area contributed by atoms with Gasteiger partial charge in [0.25, 0.3) is 0 Å². The van der Waals surface area contributed by atoms with Crippen molar-refractivity contribution in [1.29, 1.82) is 0 Å². The molecule has 0 aliphatic carbocycles. The van der Waals surface area contributed by atoms with Crippen molar-refractivity contribution in [3.05, 3.63) is 0 Å². The molecule has 2 rings (SSSR count). The second kappa shape index (κ2) is 6.33. The van der Waals surface area contributed by atoms with Crippen LogP contribution >= 0.6 is 0 Å². The Labute approximate surface area is 102 Å². The van der Waals surface area contributed by atoms with Crippen molar-refractivity contribution in [3.8, 4) is 0 Å². The Morgan fingerprint density at radius 1 is 1.35 bits per heavy atom. The van der Waals surface area contributed by atoms with Crippen LogP contribution in [0.4, 0.5) is 0 Å². The summed E-state index contributed by atoms with van der Waals surface area (Å²) in [5, 5.41) is 9.25. The summed E-state index contributed by atoms with van der Waals surface area (Å²) >= 11 is 0. The molecule has 0 aromatic heterocycles. The van der Waals surface area contributed by atoms with Gasteiger partial charge in [0, 0.05) is 26.2 Å². The highest BCUT2D eigenvalue weighted by Crippen LogP contribution is 2.21. The van der Waals surface area contributed by atoms with Gasteiger partial charge in [0.15, 0.2) is 0 Å². The summed E-state index contributed by atoms with van der Waals surface area (Å²) in [6.07, 6.45) is 2.87. The van der Waals surface area contributed by atoms with Gasteiger partial charge in [-0.2, -0.15) is 0 Å². The molecule has 2 heterocycles. The first-order valence-corrected chi connectivity index (χ1v) is 6.40. The SMILES string of the molecule is O=C(O)C(CC1CCCO1)CN1CCOCC1. The van der Waals surface area contributed by atoms with E-state index in [1.54, 1.807) is 0 Å². The van der Waals surface area contributed by atoms with E-state index in [-0.39, 0.29) is 12.0 Å². The molecule has 0 spiro atoms. The van der Waals surface area contributed by atoms with Gasteiger partial charge >= 0.3 is 5.97 Å². The van der Waals surface area contributed by atoms with Crippen LogP contribution < -0.4 is 0 Å². The lowest BCUT2D eigenvalue weighted by molar-refractivity contribution is -0.144. The fraction of sp³-hybridized carbons (Fsp3) is 0.917. The molecule has 0 saturated carbocycles. The third kappa shape index (κ3) is 3.94. The average molecular weight is 243 g/mol. The summed E-state index contributed by atoms with van der Waals surface area (Å²) in [7, 11) is 0. The van der Waals surface area contributed by atoms with Gasteiger partial charge in [-0.1, -0.05) is 0 Å². The Morgan fingerprint density at radius 3 is 2.71 bits per heavy atom. The molecular weight excluding hydrogens is 222 g/mol. The zero-order valence-corrected chi connectivity index (χ0v) is 10.1. The molecule has 2 aliphatic heterocycles. The van der Waals surface area contributed by atoms with Crippen LogP contribution in [-0.4, -0.2) is 61.5 Å². The minimum absolute atomic E-state index is 0.150. The first kappa shape index (κ1) is 12.8. The van der Waals surface area contributed by atoms with E-state index >= 15 is 0 Å². The van der Waals surface area contributed by atoms with Crippen LogP contribution in [-0.2, 0) is 14.3 Å². The molecule has 2 fully saturated rings. The normalized spacial score (nSPS) is 28.1. The van der Waals surface area contributed by atoms with E-state index < -0.39 is 5.97 Å². The van der Waals surface area contributed by atoms with Gasteiger partial charge in [-0.25, -0.2) is 0 Å². The molecular formula is C12H21NO4. The topological polar surface area (TPSA) is 59.0 Å². The maximum Gasteiger partial charge on any atom is 0.307 e. The lowest BCUT2D eigenvalue weighted by atomic mass is 9.99. The minimum Gasteiger partial charge on any atom is -0.481 e. The molecule has 1 N–H and O–H groups in total. The maximum atomic E-state index is 11.2. The molecule has 2 unspecified atom stereocenters. The molecule has 0 bridgehead atoms. The first-order chi connectivity index (χ1) is 8.25. The predicted molar refractivity (Wildman–Crippen MR) is 62.0 cm³/mol. The van der Waals surface area contributed by atoms with Gasteiger partial charge in [0.2, 0.25) is 0 Å². The number of nitrogens with zero attached hydrogens (tertiary/aromatic N) is 1. The van der Waals surface area contributed by atoms with E-state index in [0.717, 1.165) is 32.5 Å². The number of rotatable bonds is 5. The van der Waals surface area contributed by atoms with E-state index in [1.807, 2.05) is 0 Å². The second-order valence-corrected chi connectivity index (χ2v) is 4.82. The van der Waals surface area contributed by atoms with Crippen LogP contribution in [0.1, 0.15) is 19.3 Å². The highest BCUT2D eigenvalue weighted by Gasteiger charge is 2.27. The number of carboxylic acids is 1. The Balaban J connectivity index is 1.80. The smallest absolute Gasteiger partial charge is 0.307 e. The van der Waals surface area contributed by atoms with E-state index in [4.69, 9.17) is 9.47 Å². The van der Waals surface area contributed by atoms with Crippen LogP contribution in [0.3, 0.4) is 0 Å². The van der Waals surface area contributed by atoms with Gasteiger partial charge in [0.1, 0.15) is 0 Å². The van der Waals surface area contributed by atoms with Crippen molar-refractivity contribution >= 4 is 5.97 Å². The quantitative estimate of drug-likeness (QED) is 0.765. The summed E-state index contributed by atoms with van der Waals surface area (Å²) in [5.41, 5.74) is 0. The Bertz CT molecular complexity index is 247. The van der Waals surface area contributed by atoms with Crippen LogP contribution in [0.15, 0.2) is 0 Å². The number of morpholine rings is 1. The highest BCUT2D eigenvalue weighted by molar-refractivity contribution is 5.70. The van der Waals surface area contributed by atoms with Gasteiger partial charge in [-0.3, -0.25) is 9.69 Å². The highest BCUT2D eigenvalue weighted by atomic mass is 16.5. The molecule has 17 heavy (non-hydrogen) atoms. The Morgan fingerprint density at radius 2 is 2.12 bits per heavy atom. The molecule has 98 valence electrons. The number of carbonyl (C=O) groups is 1. The molecule has 5 nitrogen and oxygen atoms in total. The van der Waals surface area contributed by atoms with E-state index in [0.29, 0.717) is 26.2 Å². The lowest BCUT2D eigenvalue weighted by Crippen LogP contribution is -2.41. The zero-order valence-electron chi connectivity index (χ0n) is 10.1. The largest absolute Gasteiger partial charge is 0.481 e. The molecule has 0 amide bonds. The number of hydrogen-bond donors (Lipinski definition) is 1. The van der Waals surface area contributed by atoms with Crippen LogP contribution in [0, 0.1) is 5.92 Å². The van der Waals surface area contributed by atoms with Crippen molar-refractivity contribution in [1.82, 2.24) is 4.90 Å². The Hall–Kier alpha value is -0.650. The first-order valence-electron chi connectivity index (χ1n) is 6.40. The Kier molecular flexibility index (Phi) is 4.76. The van der Waals surface area contributed by atoms with Crippen molar-refractivity contribution in [2.45, 2.75) is 25.4 Å². The fourth-order valence-corrected chi connectivity index (χ4v) is 2.50. The van der Waals surface area contributed by atoms with Gasteiger partial charge in [-0.05, 0) is 19.3 Å². The van der Waals surface area contributed by atoms with Crippen molar-refractivity contribution in [2.24, 2.45) is 5.92 Å². The third-order valence-electron chi connectivity index (χ3n) is 3.50. The van der Waals surface area contributed by atoms with E-state index in [2.05, 4.69) is 4.90 Å². The molecule has 2 atom stereocenters. The van der Waals surface area contributed by atoms with Crippen molar-refractivity contribution < 1.29 is 19.4 Å². The molecule has 2 aliphatic rings. The summed E-state index contributed by atoms with van der Waals surface area (Å²) in [6, 6.07) is 0. The molecule has 0 aromatic rings. The summed E-state index contributed by atoms with van der Waals surface area (Å²) in [4.78, 5) is 13.4. The lowest BCUT2D eigenvalue weighted by Gasteiger charge is -2.29. The molecule has 5 heteroatoms. The van der Waals surface area contributed by atoms with Crippen molar-refractivity contribution in [2.75, 3.05) is 39.5 Å². The van der Waals surface area contributed by atoms with Crippen molar-refractivity contribution in [3.63, 3.8) is 0 Å². The van der Waals surface area contributed by atoms with Crippen LogP contribution in [0.2, 0.25) is 0 Å². The predicted octanol–water partition coefficient (Wildman–Crippen LogP) is 0.589. The maximum absolute atomic E-state index is 11.2. The van der Waals surface area contributed by atoms with E-state index in [1.165, 1.54) is 0 Å². The minimum atomic E-state index is -0.702. The zero-order chi connectivity index (χ0) is 12.1. The third-order valence-corrected chi connectivity index (χ3v) is 3.50. The van der Waals surface area contributed by atoms with Crippen LogP contribution in [0.25, 0.3) is 0 Å². The standard InChI is InChI=1S/C12H21NO4/c14-12(15)10(8-11-2-1-5-17-11)9-13-3-6-16-7-4-13/h10-11H,1-9H2,(H,14,15). The van der Waals surface area contributed by atoms with Gasteiger partial charge in [-0.15, -0.1) is 0 Å². The fourth-order valence-electron chi connectivity index (χ4n) is 2.50. The molecule has 0 aromatic carbocycles. The monoisotopic (exact) mass is 243 g/mol. The second-order valence-electron chi connectivity index (χ2n) is 4.82. The molecule has 0 radical (unpaired) electrons. The van der Waals surface area contributed by atoms with Gasteiger partial charge in [0.05, 0.1) is 25.2 Å². The van der Waals surface area contributed by atoms with Crippen LogP contribution in [0.5, 0.6) is 0 Å². The number of hydrogen-bond acceptors (Lipinski definition) is 4. The number of ether oxygens (including phenoxy) is 2.